The number of carbonyl (C=O) groups excluding carboxylic acids is 2. The first-order valence-electron chi connectivity index (χ1n) is 9.62. The smallest absolute Gasteiger partial charge is 0.182 e. The Morgan fingerprint density at radius 1 is 1.16 bits per heavy atom. The molecule has 4 fully saturated rings. The van der Waals surface area contributed by atoms with Crippen LogP contribution in [0, 0.1) is 40.4 Å². The molecule has 1 unspecified atom stereocenters. The van der Waals surface area contributed by atoms with E-state index >= 15 is 0 Å². The number of rotatable bonds is 0. The highest BCUT2D eigenvalue weighted by atomic mass is 19.1. The van der Waals surface area contributed by atoms with Crippen molar-refractivity contribution in [3.8, 4) is 0 Å². The number of hydrogen-bond acceptors (Lipinski definition) is 3. The lowest BCUT2D eigenvalue weighted by molar-refractivity contribution is -0.135. The van der Waals surface area contributed by atoms with E-state index in [4.69, 9.17) is 5.73 Å². The Morgan fingerprint density at radius 3 is 2.60 bits per heavy atom. The molecule has 5 aliphatic rings. The highest BCUT2D eigenvalue weighted by molar-refractivity contribution is 6.01. The Labute approximate surface area is 147 Å². The van der Waals surface area contributed by atoms with Crippen LogP contribution in [0.4, 0.5) is 4.39 Å². The van der Waals surface area contributed by atoms with Crippen molar-refractivity contribution in [3.63, 3.8) is 0 Å². The van der Waals surface area contributed by atoms with Crippen LogP contribution < -0.4 is 5.73 Å². The second-order valence-electron chi connectivity index (χ2n) is 9.59. The maximum atomic E-state index is 14.3. The largest absolute Gasteiger partial charge is 0.396 e. The fourth-order valence-electron chi connectivity index (χ4n) is 7.43. The molecule has 25 heavy (non-hydrogen) atoms. The summed E-state index contributed by atoms with van der Waals surface area (Å²) in [6.45, 7) is 8.52. The molecule has 8 atom stereocenters. The highest BCUT2D eigenvalue weighted by Gasteiger charge is 2.68. The number of hydrogen-bond donors (Lipinski definition) is 1. The van der Waals surface area contributed by atoms with Gasteiger partial charge in [0.15, 0.2) is 17.7 Å². The summed E-state index contributed by atoms with van der Waals surface area (Å²) in [7, 11) is 0. The van der Waals surface area contributed by atoms with Crippen molar-refractivity contribution in [1.82, 2.24) is 0 Å². The third-order valence-corrected chi connectivity index (χ3v) is 8.71. The van der Waals surface area contributed by atoms with E-state index in [-0.39, 0.29) is 34.7 Å². The van der Waals surface area contributed by atoms with Crippen LogP contribution in [0.3, 0.4) is 0 Å². The van der Waals surface area contributed by atoms with E-state index in [0.717, 1.165) is 36.8 Å². The Balaban J connectivity index is 1.62. The number of alkyl halides is 1. The molecule has 0 aromatic carbocycles. The maximum Gasteiger partial charge on any atom is 0.182 e. The minimum absolute atomic E-state index is 0.0766. The molecule has 5 rings (SSSR count). The van der Waals surface area contributed by atoms with Gasteiger partial charge >= 0.3 is 0 Å². The summed E-state index contributed by atoms with van der Waals surface area (Å²) in [5.41, 5.74) is 8.03. The molecule has 0 aromatic rings. The van der Waals surface area contributed by atoms with Gasteiger partial charge in [0.25, 0.3) is 0 Å². The van der Waals surface area contributed by atoms with Gasteiger partial charge in [-0.1, -0.05) is 20.4 Å². The first-order chi connectivity index (χ1) is 11.7. The Kier molecular flexibility index (Phi) is 2.80. The average molecular weight is 343 g/mol. The van der Waals surface area contributed by atoms with Gasteiger partial charge < -0.3 is 5.73 Å². The monoisotopic (exact) mass is 343 g/mol. The zero-order valence-electron chi connectivity index (χ0n) is 15.0. The van der Waals surface area contributed by atoms with Gasteiger partial charge in [-0.15, -0.1) is 0 Å². The Morgan fingerprint density at radius 2 is 1.88 bits per heavy atom. The molecule has 0 spiro atoms. The predicted molar refractivity (Wildman–Crippen MR) is 92.0 cm³/mol. The molecule has 0 heterocycles. The van der Waals surface area contributed by atoms with Gasteiger partial charge in [-0.3, -0.25) is 9.59 Å². The number of Topliss-reactive ketones (excluding diaryl/α,β-unsaturated/α-hetero) is 2. The second kappa shape index (κ2) is 4.44. The molecule has 134 valence electrons. The normalized spacial score (nSPS) is 54.0. The van der Waals surface area contributed by atoms with Crippen LogP contribution in [0.15, 0.2) is 23.4 Å². The number of ketones is 2. The fourth-order valence-corrected chi connectivity index (χ4v) is 7.43. The molecular weight excluding hydrogens is 317 g/mol. The van der Waals surface area contributed by atoms with E-state index in [2.05, 4.69) is 13.5 Å². The third kappa shape index (κ3) is 1.63. The van der Waals surface area contributed by atoms with E-state index in [0.29, 0.717) is 24.0 Å². The van der Waals surface area contributed by atoms with Gasteiger partial charge in [-0.2, -0.15) is 0 Å². The van der Waals surface area contributed by atoms with Gasteiger partial charge in [-0.25, -0.2) is 4.39 Å². The lowest BCUT2D eigenvalue weighted by atomic mass is 9.46. The molecule has 0 amide bonds. The fraction of sp³-hybridized carbons (Fsp3) is 0.714. The van der Waals surface area contributed by atoms with Crippen molar-refractivity contribution in [2.24, 2.45) is 46.2 Å². The lowest BCUT2D eigenvalue weighted by Gasteiger charge is -2.57. The summed E-state index contributed by atoms with van der Waals surface area (Å²) in [4.78, 5) is 24.9. The molecule has 2 N–H and O–H groups in total. The van der Waals surface area contributed by atoms with Crippen LogP contribution >= 0.6 is 0 Å². The topological polar surface area (TPSA) is 60.2 Å². The molecule has 0 aromatic heterocycles. The third-order valence-electron chi connectivity index (χ3n) is 8.71. The minimum atomic E-state index is -1.31. The van der Waals surface area contributed by atoms with Gasteiger partial charge in [0, 0.05) is 16.7 Å². The number of nitrogens with two attached hydrogens (primary N) is 1. The predicted octanol–water partition coefficient (Wildman–Crippen LogP) is 3.34. The summed E-state index contributed by atoms with van der Waals surface area (Å²) >= 11 is 0. The molecule has 0 radical (unpaired) electrons. The molecule has 0 aliphatic heterocycles. The maximum absolute atomic E-state index is 14.3. The van der Waals surface area contributed by atoms with Crippen molar-refractivity contribution < 1.29 is 14.0 Å². The second-order valence-corrected chi connectivity index (χ2v) is 9.59. The van der Waals surface area contributed by atoms with E-state index in [9.17, 15) is 14.0 Å². The Bertz CT molecular complexity index is 770. The van der Waals surface area contributed by atoms with Crippen LogP contribution in [-0.2, 0) is 9.59 Å². The Hall–Kier alpha value is -1.45. The van der Waals surface area contributed by atoms with Crippen molar-refractivity contribution in [1.29, 1.82) is 0 Å². The first-order valence-corrected chi connectivity index (χ1v) is 9.62. The van der Waals surface area contributed by atoms with Gasteiger partial charge in [-0.05, 0) is 66.9 Å². The zero-order valence-corrected chi connectivity index (χ0v) is 15.0. The molecule has 4 heteroatoms. The van der Waals surface area contributed by atoms with E-state index in [1.165, 1.54) is 0 Å². The molecular formula is C21H26FNO2. The molecule has 0 bridgehead atoms. The quantitative estimate of drug-likeness (QED) is 0.734. The number of halogens is 1. The van der Waals surface area contributed by atoms with Crippen LogP contribution in [-0.4, -0.2) is 17.7 Å². The minimum Gasteiger partial charge on any atom is -0.396 e. The number of allylic oxidation sites excluding steroid dienone is 2. The number of carbonyl (C=O) groups is 2. The van der Waals surface area contributed by atoms with E-state index in [1.807, 2.05) is 6.92 Å². The van der Waals surface area contributed by atoms with Crippen molar-refractivity contribution in [2.75, 3.05) is 0 Å². The SMILES string of the molecule is C=C1C[C@H]2[C@@H]3C[C@H](F)C(=O)[C@@]3(C)CC[C@@H]2[C@]2(C)C1=C(N)C(=O)[C@H]1CC12. The summed E-state index contributed by atoms with van der Waals surface area (Å²) in [6.07, 6.45) is 2.41. The van der Waals surface area contributed by atoms with Crippen LogP contribution in [0.1, 0.15) is 46.0 Å². The summed E-state index contributed by atoms with van der Waals surface area (Å²) in [6, 6.07) is 0. The summed E-state index contributed by atoms with van der Waals surface area (Å²) in [5.74, 6) is 1.12. The van der Waals surface area contributed by atoms with Crippen LogP contribution in [0.5, 0.6) is 0 Å². The first kappa shape index (κ1) is 15.8. The van der Waals surface area contributed by atoms with Crippen molar-refractivity contribution in [3.05, 3.63) is 23.4 Å². The van der Waals surface area contributed by atoms with Crippen LogP contribution in [0.2, 0.25) is 0 Å². The highest BCUT2D eigenvalue weighted by Crippen LogP contribution is 2.71. The van der Waals surface area contributed by atoms with Gasteiger partial charge in [0.2, 0.25) is 0 Å². The van der Waals surface area contributed by atoms with E-state index in [1.54, 1.807) is 0 Å². The average Bonchev–Trinajstić information content (AvgIpc) is 3.32. The molecule has 3 nitrogen and oxygen atoms in total. The summed E-state index contributed by atoms with van der Waals surface area (Å²) in [5, 5.41) is 0. The zero-order chi connectivity index (χ0) is 17.9. The van der Waals surface area contributed by atoms with Gasteiger partial charge in [0.1, 0.15) is 0 Å². The standard InChI is InChI=1S/C21H26FNO2/c1-9-6-10-12(4-5-20(2)13(10)8-15(22)19(20)25)21(3)14-7-11(14)18(24)17(23)16(9)21/h10-15H,1,4-8,23H2,2-3H3/t10-,11+,12+,13+,14?,15+,20+,21+/m1/s1. The van der Waals surface area contributed by atoms with Gasteiger partial charge in [0.05, 0.1) is 5.70 Å². The molecule has 4 saturated carbocycles. The molecule has 0 saturated heterocycles. The van der Waals surface area contributed by atoms with Crippen molar-refractivity contribution in [2.45, 2.75) is 52.1 Å². The number of fused-ring (bicyclic) bond motifs is 7. The lowest BCUT2D eigenvalue weighted by Crippen LogP contribution is -2.53. The van der Waals surface area contributed by atoms with Crippen LogP contribution in [0.25, 0.3) is 0 Å². The van der Waals surface area contributed by atoms with Crippen molar-refractivity contribution >= 4 is 11.6 Å². The van der Waals surface area contributed by atoms with E-state index < -0.39 is 11.6 Å². The molecule has 5 aliphatic carbocycles. The summed E-state index contributed by atoms with van der Waals surface area (Å²) < 4.78 is 14.3.